The number of hydrogen-bond donors (Lipinski definition) is 1. The molecular weight excluding hydrogens is 244 g/mol. The third-order valence-corrected chi connectivity index (χ3v) is 4.41. The highest BCUT2D eigenvalue weighted by Gasteiger charge is 2.16. The van der Waals surface area contributed by atoms with Crippen LogP contribution in [0.1, 0.15) is 49.3 Å². The minimum atomic E-state index is 0.696. The molecule has 0 aromatic heterocycles. The molecule has 1 atom stereocenters. The summed E-state index contributed by atoms with van der Waals surface area (Å²) < 4.78 is 0. The second kappa shape index (κ2) is 7.80. The van der Waals surface area contributed by atoms with Gasteiger partial charge in [-0.05, 0) is 62.9 Å². The van der Waals surface area contributed by atoms with Crippen molar-refractivity contribution in [2.45, 2.75) is 59.0 Å². The average Bonchev–Trinajstić information content (AvgIpc) is 2.44. The summed E-state index contributed by atoms with van der Waals surface area (Å²) in [5.41, 5.74) is 4.26. The quantitative estimate of drug-likeness (QED) is 0.851. The van der Waals surface area contributed by atoms with E-state index in [1.165, 1.54) is 62.0 Å². The van der Waals surface area contributed by atoms with E-state index in [9.17, 15) is 0 Å². The molecule has 112 valence electrons. The first-order valence-corrected chi connectivity index (χ1v) is 8.21. The van der Waals surface area contributed by atoms with Crippen LogP contribution in [0.15, 0.2) is 18.2 Å². The second-order valence-electron chi connectivity index (χ2n) is 6.30. The average molecular weight is 274 g/mol. The lowest BCUT2D eigenvalue weighted by Gasteiger charge is -2.30. The molecule has 0 amide bonds. The first-order chi connectivity index (χ1) is 9.69. The Morgan fingerprint density at radius 1 is 1.20 bits per heavy atom. The molecule has 1 aromatic carbocycles. The van der Waals surface area contributed by atoms with Gasteiger partial charge in [-0.25, -0.2) is 0 Å². The van der Waals surface area contributed by atoms with Crippen molar-refractivity contribution in [1.82, 2.24) is 10.2 Å². The topological polar surface area (TPSA) is 15.3 Å². The molecule has 1 saturated heterocycles. The Balaban J connectivity index is 1.94. The number of hydrogen-bond acceptors (Lipinski definition) is 2. The van der Waals surface area contributed by atoms with Crippen molar-refractivity contribution in [2.75, 3.05) is 19.6 Å². The molecule has 0 aliphatic carbocycles. The van der Waals surface area contributed by atoms with Crippen molar-refractivity contribution >= 4 is 0 Å². The maximum atomic E-state index is 3.67. The number of benzene rings is 1. The van der Waals surface area contributed by atoms with Crippen molar-refractivity contribution in [3.63, 3.8) is 0 Å². The van der Waals surface area contributed by atoms with Crippen molar-refractivity contribution in [3.05, 3.63) is 34.9 Å². The second-order valence-corrected chi connectivity index (χ2v) is 6.30. The van der Waals surface area contributed by atoms with Crippen LogP contribution in [-0.2, 0) is 6.54 Å². The van der Waals surface area contributed by atoms with E-state index in [2.05, 4.69) is 49.2 Å². The van der Waals surface area contributed by atoms with Crippen LogP contribution < -0.4 is 5.32 Å². The van der Waals surface area contributed by atoms with E-state index in [4.69, 9.17) is 0 Å². The lowest BCUT2D eigenvalue weighted by Crippen LogP contribution is -2.43. The maximum absolute atomic E-state index is 3.67. The van der Waals surface area contributed by atoms with Crippen LogP contribution in [-0.4, -0.2) is 30.6 Å². The fourth-order valence-electron chi connectivity index (χ4n) is 3.10. The van der Waals surface area contributed by atoms with Gasteiger partial charge in [0.05, 0.1) is 0 Å². The van der Waals surface area contributed by atoms with E-state index in [0.717, 1.165) is 6.54 Å². The lowest BCUT2D eigenvalue weighted by atomic mass is 10.0. The molecule has 2 heteroatoms. The highest BCUT2D eigenvalue weighted by atomic mass is 15.1. The summed E-state index contributed by atoms with van der Waals surface area (Å²) in [6, 6.07) is 7.60. The Hall–Kier alpha value is -0.860. The van der Waals surface area contributed by atoms with E-state index in [-0.39, 0.29) is 0 Å². The molecule has 1 unspecified atom stereocenters. The van der Waals surface area contributed by atoms with Gasteiger partial charge in [0.25, 0.3) is 0 Å². The van der Waals surface area contributed by atoms with Crippen LogP contribution in [0.2, 0.25) is 0 Å². The SMILES string of the molecule is CCCN(Cc1ccc(C)c(C)c1)CC1CCCCN1. The van der Waals surface area contributed by atoms with Gasteiger partial charge in [0, 0.05) is 19.1 Å². The van der Waals surface area contributed by atoms with Gasteiger partial charge in [-0.3, -0.25) is 4.90 Å². The molecule has 1 heterocycles. The molecule has 2 nitrogen and oxygen atoms in total. The molecule has 0 bridgehead atoms. The number of aryl methyl sites for hydroxylation is 2. The van der Waals surface area contributed by atoms with Crippen LogP contribution in [0.4, 0.5) is 0 Å². The normalized spacial score (nSPS) is 19.5. The molecule has 0 spiro atoms. The van der Waals surface area contributed by atoms with Gasteiger partial charge in [0.1, 0.15) is 0 Å². The number of rotatable bonds is 6. The minimum Gasteiger partial charge on any atom is -0.313 e. The number of piperidine rings is 1. The van der Waals surface area contributed by atoms with Crippen LogP contribution in [0.3, 0.4) is 0 Å². The standard InChI is InChI=1S/C18H30N2/c1-4-11-20(14-18-7-5-6-10-19-18)13-17-9-8-15(2)16(3)12-17/h8-9,12,18-19H,4-7,10-11,13-14H2,1-3H3. The molecule has 1 aliphatic rings. The van der Waals surface area contributed by atoms with Gasteiger partial charge >= 0.3 is 0 Å². The Morgan fingerprint density at radius 2 is 2.05 bits per heavy atom. The van der Waals surface area contributed by atoms with Gasteiger partial charge in [-0.1, -0.05) is 31.5 Å². The summed E-state index contributed by atoms with van der Waals surface area (Å²) >= 11 is 0. The molecule has 1 N–H and O–H groups in total. The van der Waals surface area contributed by atoms with E-state index in [1.807, 2.05) is 0 Å². The summed E-state index contributed by atoms with van der Waals surface area (Å²) in [7, 11) is 0. The minimum absolute atomic E-state index is 0.696. The van der Waals surface area contributed by atoms with Crippen molar-refractivity contribution in [2.24, 2.45) is 0 Å². The summed E-state index contributed by atoms with van der Waals surface area (Å²) in [6.07, 6.45) is 5.31. The monoisotopic (exact) mass is 274 g/mol. The Labute approximate surface area is 124 Å². The Morgan fingerprint density at radius 3 is 2.70 bits per heavy atom. The van der Waals surface area contributed by atoms with Crippen LogP contribution in [0, 0.1) is 13.8 Å². The van der Waals surface area contributed by atoms with Gasteiger partial charge in [-0.2, -0.15) is 0 Å². The zero-order valence-electron chi connectivity index (χ0n) is 13.4. The lowest BCUT2D eigenvalue weighted by molar-refractivity contribution is 0.217. The first-order valence-electron chi connectivity index (χ1n) is 8.21. The van der Waals surface area contributed by atoms with Crippen molar-refractivity contribution < 1.29 is 0 Å². The molecule has 1 aliphatic heterocycles. The largest absolute Gasteiger partial charge is 0.313 e. The fraction of sp³-hybridized carbons (Fsp3) is 0.667. The molecular formula is C18H30N2. The summed E-state index contributed by atoms with van der Waals surface area (Å²) in [4.78, 5) is 2.62. The number of nitrogens with zero attached hydrogens (tertiary/aromatic N) is 1. The third kappa shape index (κ3) is 4.60. The molecule has 2 rings (SSSR count). The molecule has 1 fully saturated rings. The van der Waals surface area contributed by atoms with Crippen LogP contribution in [0.25, 0.3) is 0 Å². The van der Waals surface area contributed by atoms with E-state index in [1.54, 1.807) is 0 Å². The molecule has 20 heavy (non-hydrogen) atoms. The predicted octanol–water partition coefficient (Wildman–Crippen LogP) is 3.66. The Bertz CT molecular complexity index is 408. The summed E-state index contributed by atoms with van der Waals surface area (Å²) in [5.74, 6) is 0. The zero-order valence-corrected chi connectivity index (χ0v) is 13.4. The van der Waals surface area contributed by atoms with Gasteiger partial charge in [0.2, 0.25) is 0 Å². The summed E-state index contributed by atoms with van der Waals surface area (Å²) in [6.45, 7) is 11.4. The highest BCUT2D eigenvalue weighted by molar-refractivity contribution is 5.29. The maximum Gasteiger partial charge on any atom is 0.0234 e. The smallest absolute Gasteiger partial charge is 0.0234 e. The number of nitrogens with one attached hydrogen (secondary N) is 1. The molecule has 0 radical (unpaired) electrons. The van der Waals surface area contributed by atoms with E-state index >= 15 is 0 Å². The van der Waals surface area contributed by atoms with Gasteiger partial charge in [0.15, 0.2) is 0 Å². The fourth-order valence-corrected chi connectivity index (χ4v) is 3.10. The van der Waals surface area contributed by atoms with Gasteiger partial charge in [-0.15, -0.1) is 0 Å². The van der Waals surface area contributed by atoms with E-state index in [0.29, 0.717) is 6.04 Å². The predicted molar refractivity (Wildman–Crippen MR) is 87.1 cm³/mol. The van der Waals surface area contributed by atoms with Crippen LogP contribution >= 0.6 is 0 Å². The summed E-state index contributed by atoms with van der Waals surface area (Å²) in [5, 5.41) is 3.67. The zero-order chi connectivity index (χ0) is 14.4. The highest BCUT2D eigenvalue weighted by Crippen LogP contribution is 2.14. The van der Waals surface area contributed by atoms with Gasteiger partial charge < -0.3 is 5.32 Å². The molecule has 0 saturated carbocycles. The van der Waals surface area contributed by atoms with Crippen LogP contribution in [0.5, 0.6) is 0 Å². The molecule has 1 aromatic rings. The third-order valence-electron chi connectivity index (χ3n) is 4.41. The van der Waals surface area contributed by atoms with E-state index < -0.39 is 0 Å². The first kappa shape index (κ1) is 15.5. The Kier molecular flexibility index (Phi) is 6.06. The van der Waals surface area contributed by atoms with Crippen molar-refractivity contribution in [3.8, 4) is 0 Å². The van der Waals surface area contributed by atoms with Crippen molar-refractivity contribution in [1.29, 1.82) is 0 Å².